The molecule has 6 nitrogen and oxygen atoms in total. The Morgan fingerprint density at radius 2 is 1.49 bits per heavy atom. The number of likely N-dealkylation sites (tertiary alicyclic amines) is 2. The Morgan fingerprint density at radius 3 is 2.02 bits per heavy atom. The van der Waals surface area contributed by atoms with E-state index in [9.17, 15) is 41.0 Å². The van der Waals surface area contributed by atoms with Gasteiger partial charge in [-0.05, 0) is 56.0 Å². The first-order valence-corrected chi connectivity index (χ1v) is 13.3. The second-order valence-electron chi connectivity index (χ2n) is 11.3. The number of hydrogen-bond acceptors (Lipinski definition) is 3. The zero-order valence-corrected chi connectivity index (χ0v) is 23.0. The maximum Gasteiger partial charge on any atom is 0.416 e. The molecule has 2 aliphatic rings. The number of hydrogen-bond donors (Lipinski definition) is 1. The molecule has 2 aromatic carbocycles. The highest BCUT2D eigenvalue weighted by atomic mass is 19.4. The van der Waals surface area contributed by atoms with E-state index in [4.69, 9.17) is 0 Å². The van der Waals surface area contributed by atoms with Crippen molar-refractivity contribution in [2.45, 2.75) is 62.5 Å². The maximum absolute atomic E-state index is 13.9. The van der Waals surface area contributed by atoms with Gasteiger partial charge in [-0.2, -0.15) is 26.3 Å². The molecule has 2 fully saturated rings. The van der Waals surface area contributed by atoms with Gasteiger partial charge in [0, 0.05) is 32.6 Å². The highest BCUT2D eigenvalue weighted by Gasteiger charge is 2.46. The van der Waals surface area contributed by atoms with Crippen LogP contribution in [0.2, 0.25) is 0 Å². The number of likely N-dealkylation sites (N-methyl/N-ethyl adjacent to an activating group) is 1. The van der Waals surface area contributed by atoms with Crippen LogP contribution in [0.4, 0.5) is 31.1 Å². The Morgan fingerprint density at radius 1 is 0.927 bits per heavy atom. The van der Waals surface area contributed by atoms with Gasteiger partial charge in [0.25, 0.3) is 0 Å². The third-order valence-corrected chi connectivity index (χ3v) is 8.28. The van der Waals surface area contributed by atoms with E-state index in [1.165, 1.54) is 25.8 Å². The van der Waals surface area contributed by atoms with Gasteiger partial charge in [-0.25, -0.2) is 4.79 Å². The van der Waals surface area contributed by atoms with Crippen LogP contribution in [0, 0.1) is 0 Å². The van der Waals surface area contributed by atoms with Crippen molar-refractivity contribution in [2.75, 3.05) is 33.3 Å². The molecular formula is C29H33F6N3O3. The molecule has 3 atom stereocenters. The first-order valence-electron chi connectivity index (χ1n) is 13.3. The summed E-state index contributed by atoms with van der Waals surface area (Å²) in [7, 11) is 1.46. The minimum Gasteiger partial charge on any atom is -0.394 e. The molecule has 2 aliphatic heterocycles. The summed E-state index contributed by atoms with van der Waals surface area (Å²) in [5.41, 5.74) is -4.32. The number of carbonyl (C=O) groups is 2. The lowest BCUT2D eigenvalue weighted by Crippen LogP contribution is -2.50. The number of aliphatic hydroxyl groups is 1. The molecule has 2 heterocycles. The molecule has 0 saturated carbocycles. The molecule has 41 heavy (non-hydrogen) atoms. The average Bonchev–Trinajstić information content (AvgIpc) is 3.59. The number of benzene rings is 2. The van der Waals surface area contributed by atoms with Gasteiger partial charge in [0.15, 0.2) is 0 Å². The normalized spacial score (nSPS) is 21.9. The lowest BCUT2D eigenvalue weighted by atomic mass is 9.80. The van der Waals surface area contributed by atoms with Crippen molar-refractivity contribution >= 4 is 11.9 Å². The molecule has 0 aromatic heterocycles. The largest absolute Gasteiger partial charge is 0.416 e. The zero-order valence-electron chi connectivity index (χ0n) is 23.0. The van der Waals surface area contributed by atoms with Gasteiger partial charge >= 0.3 is 18.4 Å². The Hall–Kier alpha value is -3.28. The Labute approximate surface area is 234 Å². The lowest BCUT2D eigenvalue weighted by molar-refractivity contribution is -0.144. The second kappa shape index (κ2) is 11.2. The first-order chi connectivity index (χ1) is 19.1. The highest BCUT2D eigenvalue weighted by Crippen LogP contribution is 2.40. The van der Waals surface area contributed by atoms with Crippen molar-refractivity contribution in [2.24, 2.45) is 0 Å². The molecular weight excluding hydrogens is 552 g/mol. The number of urea groups is 1. The van der Waals surface area contributed by atoms with E-state index in [-0.39, 0.29) is 43.8 Å². The number of halogens is 6. The van der Waals surface area contributed by atoms with Gasteiger partial charge in [0.05, 0.1) is 35.2 Å². The molecule has 2 aromatic rings. The summed E-state index contributed by atoms with van der Waals surface area (Å²) in [5, 5.41) is 9.70. The fourth-order valence-corrected chi connectivity index (χ4v) is 5.85. The lowest BCUT2D eigenvalue weighted by Gasteiger charge is -2.36. The van der Waals surface area contributed by atoms with E-state index in [0.717, 1.165) is 12.0 Å². The van der Waals surface area contributed by atoms with Crippen molar-refractivity contribution in [1.82, 2.24) is 14.7 Å². The van der Waals surface area contributed by atoms with E-state index in [1.807, 2.05) is 30.3 Å². The van der Waals surface area contributed by atoms with E-state index in [1.54, 1.807) is 9.80 Å². The molecule has 1 N–H and O–H groups in total. The van der Waals surface area contributed by atoms with Crippen LogP contribution in [0.3, 0.4) is 0 Å². The quantitative estimate of drug-likeness (QED) is 0.472. The van der Waals surface area contributed by atoms with E-state index in [2.05, 4.69) is 0 Å². The van der Waals surface area contributed by atoms with Crippen LogP contribution in [0.5, 0.6) is 0 Å². The fraction of sp³-hybridized carbons (Fsp3) is 0.517. The van der Waals surface area contributed by atoms with Crippen molar-refractivity contribution in [3.8, 4) is 0 Å². The highest BCUT2D eigenvalue weighted by molar-refractivity contribution is 5.88. The summed E-state index contributed by atoms with van der Waals surface area (Å²) in [6.45, 7) is 3.28. The Balaban J connectivity index is 1.68. The van der Waals surface area contributed by atoms with Gasteiger partial charge in [-0.1, -0.05) is 30.3 Å². The summed E-state index contributed by atoms with van der Waals surface area (Å²) in [5.74, 6) is -1.04. The summed E-state index contributed by atoms with van der Waals surface area (Å²) < 4.78 is 81.3. The predicted octanol–water partition coefficient (Wildman–Crippen LogP) is 5.50. The number of carbonyl (C=O) groups excluding carboxylic acids is 2. The van der Waals surface area contributed by atoms with Gasteiger partial charge in [0.2, 0.25) is 5.91 Å². The van der Waals surface area contributed by atoms with Crippen LogP contribution < -0.4 is 0 Å². The van der Waals surface area contributed by atoms with Crippen LogP contribution in [0.25, 0.3) is 0 Å². The molecule has 1 unspecified atom stereocenters. The standard InChI is InChI=1S/C29H33F6N3O3/c1-27(2,19-12-20(28(30,31)32)14-21(13-19)29(33,34)35)25(40)36(3)24-16-37(15-23(24)18-8-5-4-6-9-18)26(41)38-11-7-10-22(38)17-39/h4-6,8-9,12-14,22-24,39H,7,10-11,15-17H2,1-3H3/t22-,23?,24+/m0/s1. The molecule has 4 rings (SSSR count). The third-order valence-electron chi connectivity index (χ3n) is 8.28. The molecule has 2 saturated heterocycles. The predicted molar refractivity (Wildman–Crippen MR) is 139 cm³/mol. The van der Waals surface area contributed by atoms with Gasteiger partial charge < -0.3 is 19.8 Å². The number of alkyl halides is 6. The monoisotopic (exact) mass is 585 g/mol. The topological polar surface area (TPSA) is 64.1 Å². The molecule has 0 spiro atoms. The summed E-state index contributed by atoms with van der Waals surface area (Å²) in [6, 6.07) is 9.17. The minimum atomic E-state index is -5.05. The summed E-state index contributed by atoms with van der Waals surface area (Å²) in [6.07, 6.45) is -8.67. The second-order valence-corrected chi connectivity index (χ2v) is 11.3. The molecule has 0 aliphatic carbocycles. The van der Waals surface area contributed by atoms with E-state index < -0.39 is 46.4 Å². The fourth-order valence-electron chi connectivity index (χ4n) is 5.85. The maximum atomic E-state index is 13.9. The number of rotatable bonds is 5. The Kier molecular flexibility index (Phi) is 8.37. The summed E-state index contributed by atoms with van der Waals surface area (Å²) >= 11 is 0. The van der Waals surface area contributed by atoms with E-state index in [0.29, 0.717) is 25.1 Å². The van der Waals surface area contributed by atoms with Gasteiger partial charge in [-0.15, -0.1) is 0 Å². The van der Waals surface area contributed by atoms with Crippen molar-refractivity contribution in [1.29, 1.82) is 0 Å². The van der Waals surface area contributed by atoms with Crippen molar-refractivity contribution in [3.05, 3.63) is 70.8 Å². The molecule has 12 heteroatoms. The minimum absolute atomic E-state index is 0.0393. The smallest absolute Gasteiger partial charge is 0.394 e. The van der Waals surface area contributed by atoms with Crippen LogP contribution in [-0.4, -0.2) is 77.1 Å². The van der Waals surface area contributed by atoms with Crippen molar-refractivity contribution in [3.63, 3.8) is 0 Å². The molecule has 0 radical (unpaired) electrons. The van der Waals surface area contributed by atoms with Crippen LogP contribution >= 0.6 is 0 Å². The average molecular weight is 586 g/mol. The zero-order chi connectivity index (χ0) is 30.3. The number of aliphatic hydroxyl groups excluding tert-OH is 1. The van der Waals surface area contributed by atoms with Crippen molar-refractivity contribution < 1.29 is 41.0 Å². The number of nitrogens with zero attached hydrogens (tertiary/aromatic N) is 3. The van der Waals surface area contributed by atoms with E-state index >= 15 is 0 Å². The first kappa shape index (κ1) is 30.7. The molecule has 0 bridgehead atoms. The summed E-state index contributed by atoms with van der Waals surface area (Å²) in [4.78, 5) is 31.9. The molecule has 3 amide bonds. The molecule has 224 valence electrons. The van der Waals surface area contributed by atoms with Crippen LogP contribution in [0.15, 0.2) is 48.5 Å². The third kappa shape index (κ3) is 6.17. The van der Waals surface area contributed by atoms with Crippen LogP contribution in [0.1, 0.15) is 54.9 Å². The van der Waals surface area contributed by atoms with Gasteiger partial charge in [0.1, 0.15) is 0 Å². The van der Waals surface area contributed by atoms with Crippen LogP contribution in [-0.2, 0) is 22.6 Å². The Bertz CT molecular complexity index is 1230. The van der Waals surface area contributed by atoms with Gasteiger partial charge in [-0.3, -0.25) is 4.79 Å². The SMILES string of the molecule is CN(C(=O)C(C)(C)c1cc(C(F)(F)F)cc(C(F)(F)F)c1)[C@@H]1CN(C(=O)N2CCC[C@H]2CO)CC1c1ccccc1. The number of amides is 3.